The molecule has 2 rings (SSSR count). The van der Waals surface area contributed by atoms with Gasteiger partial charge in [0.1, 0.15) is 0 Å². The number of aromatic nitrogens is 2. The van der Waals surface area contributed by atoms with Crippen LogP contribution in [0, 0.1) is 12.8 Å². The Kier molecular flexibility index (Phi) is 4.03. The van der Waals surface area contributed by atoms with Gasteiger partial charge < -0.3 is 4.74 Å². The van der Waals surface area contributed by atoms with Crippen molar-refractivity contribution >= 4 is 15.9 Å². The van der Waals surface area contributed by atoms with Crippen LogP contribution in [-0.4, -0.2) is 16.4 Å². The molecule has 1 aliphatic carbocycles. The van der Waals surface area contributed by atoms with Gasteiger partial charge >= 0.3 is 0 Å². The lowest BCUT2D eigenvalue weighted by molar-refractivity contribution is 0.109. The average Bonchev–Trinajstić information content (AvgIpc) is 3.05. The summed E-state index contributed by atoms with van der Waals surface area (Å²) < 4.78 is 8.82. The highest BCUT2D eigenvalue weighted by molar-refractivity contribution is 9.10. The van der Waals surface area contributed by atoms with Crippen molar-refractivity contribution in [2.24, 2.45) is 5.92 Å². The maximum Gasteiger partial charge on any atom is 0.0896 e. The molecule has 1 aliphatic rings. The zero-order valence-electron chi connectivity index (χ0n) is 10.0. The molecule has 0 aromatic carbocycles. The Bertz CT molecular complexity index is 358. The summed E-state index contributed by atoms with van der Waals surface area (Å²) in [6, 6.07) is 0. The number of halogens is 1. The van der Waals surface area contributed by atoms with E-state index in [0.717, 1.165) is 34.9 Å². The number of ether oxygens (including phenoxy) is 1. The van der Waals surface area contributed by atoms with Gasteiger partial charge in [0.2, 0.25) is 0 Å². The lowest BCUT2D eigenvalue weighted by atomic mass is 10.3. The Balaban J connectivity index is 1.86. The van der Waals surface area contributed by atoms with Gasteiger partial charge in [0.15, 0.2) is 0 Å². The maximum absolute atomic E-state index is 5.72. The number of rotatable bonds is 6. The van der Waals surface area contributed by atoms with Crippen LogP contribution >= 0.6 is 15.9 Å². The van der Waals surface area contributed by atoms with E-state index in [1.807, 2.05) is 11.6 Å². The van der Waals surface area contributed by atoms with E-state index >= 15 is 0 Å². The summed E-state index contributed by atoms with van der Waals surface area (Å²) in [5, 5.41) is 4.44. The molecule has 1 fully saturated rings. The van der Waals surface area contributed by atoms with E-state index in [1.54, 1.807) is 0 Å². The summed E-state index contributed by atoms with van der Waals surface area (Å²) >= 11 is 3.57. The second-order valence-corrected chi connectivity index (χ2v) is 5.24. The molecule has 0 N–H and O–H groups in total. The first kappa shape index (κ1) is 12.1. The van der Waals surface area contributed by atoms with Crippen molar-refractivity contribution in [1.82, 2.24) is 9.78 Å². The molecule has 4 heteroatoms. The molecule has 0 atom stereocenters. The topological polar surface area (TPSA) is 27.1 Å². The van der Waals surface area contributed by atoms with Crippen molar-refractivity contribution in [2.75, 3.05) is 6.61 Å². The molecule has 0 saturated heterocycles. The van der Waals surface area contributed by atoms with Gasteiger partial charge in [-0.2, -0.15) is 5.10 Å². The molecule has 1 saturated carbocycles. The lowest BCUT2D eigenvalue weighted by Gasteiger charge is -2.06. The minimum Gasteiger partial charge on any atom is -0.375 e. The van der Waals surface area contributed by atoms with Gasteiger partial charge in [-0.3, -0.25) is 4.68 Å². The molecule has 0 unspecified atom stereocenters. The van der Waals surface area contributed by atoms with E-state index in [1.165, 1.54) is 19.3 Å². The third-order valence-corrected chi connectivity index (χ3v) is 4.09. The number of hydrogen-bond donors (Lipinski definition) is 0. The fourth-order valence-electron chi connectivity index (χ4n) is 1.83. The largest absolute Gasteiger partial charge is 0.375 e. The average molecular weight is 287 g/mol. The number of hydrogen-bond acceptors (Lipinski definition) is 2. The van der Waals surface area contributed by atoms with Crippen molar-refractivity contribution in [3.63, 3.8) is 0 Å². The van der Waals surface area contributed by atoms with Crippen LogP contribution in [0.3, 0.4) is 0 Å². The third kappa shape index (κ3) is 2.86. The quantitative estimate of drug-likeness (QED) is 0.751. The zero-order valence-corrected chi connectivity index (χ0v) is 11.6. The molecule has 0 amide bonds. The fourth-order valence-corrected chi connectivity index (χ4v) is 2.23. The minimum atomic E-state index is 0.669. The Morgan fingerprint density at radius 2 is 2.25 bits per heavy atom. The number of nitrogens with zero attached hydrogens (tertiary/aromatic N) is 2. The smallest absolute Gasteiger partial charge is 0.0896 e. The molecule has 16 heavy (non-hydrogen) atoms. The summed E-state index contributed by atoms with van der Waals surface area (Å²) in [7, 11) is 0. The highest BCUT2D eigenvalue weighted by Crippen LogP contribution is 2.32. The van der Waals surface area contributed by atoms with Crippen molar-refractivity contribution in [3.05, 3.63) is 15.9 Å². The van der Waals surface area contributed by atoms with Crippen LogP contribution < -0.4 is 0 Å². The molecule has 0 bridgehead atoms. The predicted octanol–water partition coefficient (Wildman–Crippen LogP) is 3.29. The van der Waals surface area contributed by atoms with E-state index in [4.69, 9.17) is 4.74 Å². The summed E-state index contributed by atoms with van der Waals surface area (Å²) in [5.74, 6) is 0.946. The van der Waals surface area contributed by atoms with Gasteiger partial charge in [-0.1, -0.05) is 12.8 Å². The normalized spacial score (nSPS) is 15.7. The van der Waals surface area contributed by atoms with Gasteiger partial charge in [-0.05, 0) is 42.1 Å². The van der Waals surface area contributed by atoms with Crippen LogP contribution in [0.25, 0.3) is 0 Å². The second kappa shape index (κ2) is 5.32. The summed E-state index contributed by atoms with van der Waals surface area (Å²) in [6.45, 7) is 6.57. The van der Waals surface area contributed by atoms with Gasteiger partial charge in [0.05, 0.1) is 22.5 Å². The van der Waals surface area contributed by atoms with Crippen LogP contribution in [0.2, 0.25) is 0 Å². The summed E-state index contributed by atoms with van der Waals surface area (Å²) in [5.41, 5.74) is 2.21. The predicted molar refractivity (Wildman–Crippen MR) is 67.3 cm³/mol. The molecular formula is C12H19BrN2O. The van der Waals surface area contributed by atoms with Crippen LogP contribution in [0.1, 0.15) is 37.6 Å². The van der Waals surface area contributed by atoms with Gasteiger partial charge in [-0.15, -0.1) is 0 Å². The first-order valence-corrected chi connectivity index (χ1v) is 6.81. The van der Waals surface area contributed by atoms with Crippen molar-refractivity contribution in [3.8, 4) is 0 Å². The molecular weight excluding hydrogens is 268 g/mol. The van der Waals surface area contributed by atoms with Crippen LogP contribution in [0.4, 0.5) is 0 Å². The molecule has 1 aromatic heterocycles. The molecule has 0 spiro atoms. The Hall–Kier alpha value is -0.350. The van der Waals surface area contributed by atoms with E-state index in [2.05, 4.69) is 28.0 Å². The highest BCUT2D eigenvalue weighted by atomic mass is 79.9. The fraction of sp³-hybridized carbons (Fsp3) is 0.750. The van der Waals surface area contributed by atoms with E-state index in [9.17, 15) is 0 Å². The van der Waals surface area contributed by atoms with Crippen molar-refractivity contribution < 1.29 is 4.74 Å². The molecule has 1 heterocycles. The molecule has 0 radical (unpaired) electrons. The van der Waals surface area contributed by atoms with Crippen molar-refractivity contribution in [2.45, 2.75) is 46.3 Å². The molecule has 3 nitrogen and oxygen atoms in total. The van der Waals surface area contributed by atoms with Crippen LogP contribution in [0.5, 0.6) is 0 Å². The SMILES string of the molecule is CCn1nc(C)c(Br)c1COCCC1CC1. The molecule has 0 aliphatic heterocycles. The summed E-state index contributed by atoms with van der Waals surface area (Å²) in [6.07, 6.45) is 4.02. The van der Waals surface area contributed by atoms with Gasteiger partial charge in [0, 0.05) is 13.2 Å². The third-order valence-electron chi connectivity index (χ3n) is 3.06. The standard InChI is InChI=1S/C12H19BrN2O/c1-3-15-11(12(13)9(2)14-15)8-16-7-6-10-4-5-10/h10H,3-8H2,1-2H3. The van der Waals surface area contributed by atoms with E-state index in [-0.39, 0.29) is 0 Å². The summed E-state index contributed by atoms with van der Waals surface area (Å²) in [4.78, 5) is 0. The number of aryl methyl sites for hydroxylation is 2. The highest BCUT2D eigenvalue weighted by Gasteiger charge is 2.20. The van der Waals surface area contributed by atoms with Crippen LogP contribution in [0.15, 0.2) is 4.47 Å². The Labute approximate surface area is 105 Å². The monoisotopic (exact) mass is 286 g/mol. The van der Waals surface area contributed by atoms with E-state index < -0.39 is 0 Å². The maximum atomic E-state index is 5.72. The zero-order chi connectivity index (χ0) is 11.5. The first-order chi connectivity index (χ1) is 7.72. The Morgan fingerprint density at radius 1 is 1.50 bits per heavy atom. The van der Waals surface area contributed by atoms with Crippen LogP contribution in [-0.2, 0) is 17.9 Å². The first-order valence-electron chi connectivity index (χ1n) is 6.02. The molecule has 1 aromatic rings. The lowest BCUT2D eigenvalue weighted by Crippen LogP contribution is -2.06. The minimum absolute atomic E-state index is 0.669. The second-order valence-electron chi connectivity index (χ2n) is 4.45. The van der Waals surface area contributed by atoms with Gasteiger partial charge in [0.25, 0.3) is 0 Å². The van der Waals surface area contributed by atoms with E-state index in [0.29, 0.717) is 6.61 Å². The molecule has 90 valence electrons. The Morgan fingerprint density at radius 3 is 2.88 bits per heavy atom. The van der Waals surface area contributed by atoms with Gasteiger partial charge in [-0.25, -0.2) is 0 Å². The van der Waals surface area contributed by atoms with Crippen molar-refractivity contribution in [1.29, 1.82) is 0 Å².